The van der Waals surface area contributed by atoms with Crippen LogP contribution in [0.15, 0.2) is 46.0 Å². The van der Waals surface area contributed by atoms with E-state index in [0.29, 0.717) is 78.9 Å². The van der Waals surface area contributed by atoms with Gasteiger partial charge in [-0.05, 0) is 63.5 Å². The van der Waals surface area contributed by atoms with Crippen LogP contribution in [0.4, 0.5) is 4.39 Å². The van der Waals surface area contributed by atoms with Crippen molar-refractivity contribution in [3.8, 4) is 0 Å². The number of fused-ring (bicyclic) bond motifs is 1. The molecule has 0 bridgehead atoms. The van der Waals surface area contributed by atoms with Gasteiger partial charge in [0.1, 0.15) is 11.9 Å². The van der Waals surface area contributed by atoms with E-state index < -0.39 is 23.4 Å². The highest BCUT2D eigenvalue weighted by Crippen LogP contribution is 2.36. The number of esters is 1. The monoisotopic (exact) mass is 628 g/mol. The lowest BCUT2D eigenvalue weighted by Crippen LogP contribution is -2.53. The molecular formula is C30H37FN6O4S2. The van der Waals surface area contributed by atoms with E-state index in [1.165, 1.54) is 17.4 Å². The molecule has 2 saturated heterocycles. The summed E-state index contributed by atoms with van der Waals surface area (Å²) >= 11 is 7.21. The fourth-order valence-electron chi connectivity index (χ4n) is 5.68. The molecule has 0 saturated carbocycles. The number of hydrogen-bond donors (Lipinski definition) is 2. The zero-order chi connectivity index (χ0) is 30.9. The zero-order valence-electron chi connectivity index (χ0n) is 24.8. The number of rotatable bonds is 10. The number of benzene rings is 1. The van der Waals surface area contributed by atoms with Gasteiger partial charge < -0.3 is 25.0 Å². The highest BCUT2D eigenvalue weighted by Gasteiger charge is 2.41. The molecule has 0 amide bonds. The van der Waals surface area contributed by atoms with Crippen LogP contribution in [0.25, 0.3) is 0 Å². The van der Waals surface area contributed by atoms with Crippen LogP contribution in [0.1, 0.15) is 49.4 Å². The number of carboxylic acid groups (broad SMARTS) is 1. The van der Waals surface area contributed by atoms with Crippen molar-refractivity contribution >= 4 is 46.4 Å². The van der Waals surface area contributed by atoms with Gasteiger partial charge in [-0.1, -0.05) is 12.1 Å². The van der Waals surface area contributed by atoms with Gasteiger partial charge in [-0.3, -0.25) is 14.7 Å². The van der Waals surface area contributed by atoms with Crippen LogP contribution in [0, 0.1) is 18.2 Å². The molecule has 2 N–H and O–H groups in total. The molecule has 3 aliphatic rings. The molecule has 2 atom stereocenters. The summed E-state index contributed by atoms with van der Waals surface area (Å²) in [7, 11) is 0. The zero-order valence-corrected chi connectivity index (χ0v) is 26.4. The van der Waals surface area contributed by atoms with Crippen molar-refractivity contribution in [2.75, 3.05) is 45.9 Å². The Bertz CT molecular complexity index is 1460. The first kappa shape index (κ1) is 31.0. The van der Waals surface area contributed by atoms with Gasteiger partial charge in [0.05, 0.1) is 23.6 Å². The number of thiocarbonyl (C=S) groups is 1. The molecule has 43 heavy (non-hydrogen) atoms. The first-order valence-electron chi connectivity index (χ1n) is 14.4. The fraction of sp³-hybridized carbons (Fsp3) is 0.500. The number of carboxylic acids is 1. The second-order valence-corrected chi connectivity index (χ2v) is 12.9. The minimum Gasteiger partial charge on any atom is -0.481 e. The van der Waals surface area contributed by atoms with Gasteiger partial charge in [0.15, 0.2) is 16.0 Å². The van der Waals surface area contributed by atoms with Crippen molar-refractivity contribution in [3.05, 3.63) is 63.0 Å². The van der Waals surface area contributed by atoms with E-state index in [4.69, 9.17) is 21.9 Å². The third-order valence-electron chi connectivity index (χ3n) is 8.34. The minimum atomic E-state index is -0.833. The third kappa shape index (κ3) is 6.43. The van der Waals surface area contributed by atoms with Crippen LogP contribution in [0.2, 0.25) is 0 Å². The van der Waals surface area contributed by atoms with Crippen molar-refractivity contribution in [2.45, 2.75) is 46.2 Å². The lowest BCUT2D eigenvalue weighted by molar-refractivity contribution is -0.147. The molecule has 0 spiro atoms. The molecule has 2 fully saturated rings. The number of aromatic nitrogens is 1. The maximum Gasteiger partial charge on any atom is 0.338 e. The van der Waals surface area contributed by atoms with Crippen LogP contribution < -0.4 is 5.32 Å². The number of hydrogen-bond acceptors (Lipinski definition) is 9. The summed E-state index contributed by atoms with van der Waals surface area (Å²) in [5.41, 5.74) is 1.21. The second-order valence-electron chi connectivity index (χ2n) is 11.7. The number of aliphatic carboxylic acids is 1. The number of carbonyl (C=O) groups excluding carboxylic acids is 1. The van der Waals surface area contributed by atoms with Crippen molar-refractivity contribution in [1.82, 2.24) is 25.0 Å². The summed E-state index contributed by atoms with van der Waals surface area (Å²) in [6, 6.07) is 4.20. The molecule has 2 aromatic rings. The highest BCUT2D eigenvalue weighted by molar-refractivity contribution is 7.80. The number of piperazine rings is 1. The average molecular weight is 629 g/mol. The maximum atomic E-state index is 14.7. The lowest BCUT2D eigenvalue weighted by atomic mass is 9.89. The molecule has 3 aliphatic heterocycles. The number of nitrogens with zero attached hydrogens (tertiary/aromatic N) is 5. The van der Waals surface area contributed by atoms with E-state index in [2.05, 4.69) is 25.0 Å². The Kier molecular flexibility index (Phi) is 9.14. The molecule has 2 unspecified atom stereocenters. The molecule has 5 rings (SSSR count). The molecule has 1 aromatic heterocycles. The van der Waals surface area contributed by atoms with Gasteiger partial charge >= 0.3 is 11.9 Å². The molecule has 230 valence electrons. The first-order chi connectivity index (χ1) is 20.5. The van der Waals surface area contributed by atoms with Crippen LogP contribution in [0.3, 0.4) is 0 Å². The van der Waals surface area contributed by atoms with Crippen molar-refractivity contribution in [3.63, 3.8) is 0 Å². The Morgan fingerprint density at radius 2 is 2.07 bits per heavy atom. The minimum absolute atomic E-state index is 0.137. The highest BCUT2D eigenvalue weighted by atomic mass is 32.1. The van der Waals surface area contributed by atoms with Crippen molar-refractivity contribution in [1.29, 1.82) is 0 Å². The molecule has 1 aromatic carbocycles. The Labute approximate surface area is 260 Å². The topological polar surface area (TPSA) is 111 Å². The normalized spacial score (nSPS) is 21.0. The van der Waals surface area contributed by atoms with Gasteiger partial charge in [0, 0.05) is 56.5 Å². The SMILES string of the molecule is CCOC(=O)C1=C(CN2CCN3C(=S)N(CCC(C)(C)C(=O)O)CC3C2)NC(c2nccs2)=NC1c1cccc(F)c1C. The average Bonchev–Trinajstić information content (AvgIpc) is 3.61. The van der Waals surface area contributed by atoms with Gasteiger partial charge in [0.25, 0.3) is 0 Å². The number of aliphatic imine (C=N–C) groups is 1. The maximum absolute atomic E-state index is 14.7. The molecular weight excluding hydrogens is 592 g/mol. The largest absolute Gasteiger partial charge is 0.481 e. The number of halogens is 1. The molecule has 0 radical (unpaired) electrons. The van der Waals surface area contributed by atoms with Gasteiger partial charge in [-0.25, -0.2) is 14.2 Å². The Morgan fingerprint density at radius 1 is 1.28 bits per heavy atom. The Morgan fingerprint density at radius 3 is 2.77 bits per heavy atom. The van der Waals surface area contributed by atoms with Crippen LogP contribution in [-0.2, 0) is 14.3 Å². The van der Waals surface area contributed by atoms with Crippen LogP contribution in [-0.4, -0.2) is 99.6 Å². The standard InChI is InChI=1S/C30H37FN6O4S2/c1-5-41-27(38)23-22(33-25(26-32-10-14-43-26)34-24(23)20-7-6-8-21(31)18(20)2)17-35-12-13-37-19(15-35)16-36(29(37)42)11-9-30(3,4)28(39)40/h6-8,10,14,19,24H,5,9,11-13,15-17H2,1-4H3,(H,33,34)(H,39,40). The molecule has 13 heteroatoms. The molecule has 0 aliphatic carbocycles. The summed E-state index contributed by atoms with van der Waals surface area (Å²) in [6.07, 6.45) is 2.19. The quantitative estimate of drug-likeness (QED) is 0.299. The second kappa shape index (κ2) is 12.7. The molecule has 10 nitrogen and oxygen atoms in total. The summed E-state index contributed by atoms with van der Waals surface area (Å²) in [5.74, 6) is -1.15. The Hall–Kier alpha value is -3.42. The van der Waals surface area contributed by atoms with Crippen LogP contribution in [0.5, 0.6) is 0 Å². The molecule has 4 heterocycles. The van der Waals surface area contributed by atoms with Crippen molar-refractivity contribution in [2.24, 2.45) is 10.4 Å². The summed E-state index contributed by atoms with van der Waals surface area (Å²) in [6.45, 7) is 10.9. The number of ether oxygens (including phenoxy) is 1. The number of nitrogens with one attached hydrogen (secondary N) is 1. The lowest BCUT2D eigenvalue weighted by Gasteiger charge is -2.38. The van der Waals surface area contributed by atoms with Gasteiger partial charge in [-0.2, -0.15) is 0 Å². The van der Waals surface area contributed by atoms with Crippen molar-refractivity contribution < 1.29 is 23.8 Å². The smallest absolute Gasteiger partial charge is 0.338 e. The van der Waals surface area contributed by atoms with E-state index >= 15 is 0 Å². The van der Waals surface area contributed by atoms with Crippen LogP contribution >= 0.6 is 23.6 Å². The van der Waals surface area contributed by atoms with Gasteiger partial charge in [-0.15, -0.1) is 11.3 Å². The summed E-state index contributed by atoms with van der Waals surface area (Å²) in [5, 5.41) is 16.2. The van der Waals surface area contributed by atoms with Gasteiger partial charge in [0.2, 0.25) is 0 Å². The van der Waals surface area contributed by atoms with E-state index in [1.807, 2.05) is 5.38 Å². The summed E-state index contributed by atoms with van der Waals surface area (Å²) < 4.78 is 20.2. The predicted molar refractivity (Wildman–Crippen MR) is 166 cm³/mol. The first-order valence-corrected chi connectivity index (χ1v) is 15.7. The van der Waals surface area contributed by atoms with E-state index in [1.54, 1.807) is 46.0 Å². The van der Waals surface area contributed by atoms with E-state index in [9.17, 15) is 19.1 Å². The number of amidine groups is 1. The number of carbonyl (C=O) groups is 2. The van der Waals surface area contributed by atoms with E-state index in [0.717, 1.165) is 5.11 Å². The third-order valence-corrected chi connectivity index (χ3v) is 9.61. The Balaban J connectivity index is 1.42. The summed E-state index contributed by atoms with van der Waals surface area (Å²) in [4.78, 5) is 41.0. The fourth-order valence-corrected chi connectivity index (χ4v) is 6.68. The predicted octanol–water partition coefficient (Wildman–Crippen LogP) is 3.59. The number of thiazole rings is 1. The van der Waals surface area contributed by atoms with E-state index in [-0.39, 0.29) is 18.5 Å².